The largest absolute Gasteiger partial charge is 0.356 e. The molecule has 0 rings (SSSR count). The fraction of sp³-hybridized carbons (Fsp3) is 0.889. The van der Waals surface area contributed by atoms with Crippen molar-refractivity contribution in [2.75, 3.05) is 13.1 Å². The van der Waals surface area contributed by atoms with Gasteiger partial charge in [-0.3, -0.25) is 4.79 Å². The Morgan fingerprint density at radius 1 is 1.43 bits per heavy atom. The van der Waals surface area contributed by atoms with Gasteiger partial charge in [-0.25, -0.2) is 0 Å². The van der Waals surface area contributed by atoms with Crippen molar-refractivity contribution in [2.45, 2.75) is 39.0 Å². The van der Waals surface area contributed by atoms with Crippen LogP contribution in [0.15, 0.2) is 5.11 Å². The number of hydrogen-bond donors (Lipinski definition) is 1. The van der Waals surface area contributed by atoms with Crippen LogP contribution in [0.4, 0.5) is 0 Å². The Bertz CT molecular complexity index is 199. The van der Waals surface area contributed by atoms with E-state index in [1.54, 1.807) is 0 Å². The molecule has 0 bridgehead atoms. The van der Waals surface area contributed by atoms with E-state index in [2.05, 4.69) is 22.3 Å². The number of unbranched alkanes of at least 4 members (excludes halogenated alkanes) is 3. The maximum absolute atomic E-state index is 11.1. The van der Waals surface area contributed by atoms with Gasteiger partial charge in [0.15, 0.2) is 0 Å². The zero-order chi connectivity index (χ0) is 10.6. The van der Waals surface area contributed by atoms with Crippen LogP contribution in [0.1, 0.15) is 39.0 Å². The highest BCUT2D eigenvalue weighted by atomic mass is 16.1. The van der Waals surface area contributed by atoms with Crippen molar-refractivity contribution >= 4 is 5.91 Å². The maximum atomic E-state index is 11.1. The number of carbonyl (C=O) groups excluding carboxylic acids is 1. The molecule has 0 radical (unpaired) electrons. The molecule has 0 saturated heterocycles. The second kappa shape index (κ2) is 9.86. The van der Waals surface area contributed by atoms with Crippen LogP contribution in [0.25, 0.3) is 10.4 Å². The van der Waals surface area contributed by atoms with Crippen molar-refractivity contribution in [1.82, 2.24) is 5.32 Å². The molecule has 14 heavy (non-hydrogen) atoms. The second-order valence-corrected chi connectivity index (χ2v) is 3.12. The van der Waals surface area contributed by atoms with Crippen molar-refractivity contribution < 1.29 is 4.79 Å². The molecule has 0 saturated carbocycles. The van der Waals surface area contributed by atoms with Gasteiger partial charge in [0, 0.05) is 24.4 Å². The summed E-state index contributed by atoms with van der Waals surface area (Å²) in [6.45, 7) is 2.91. The first kappa shape index (κ1) is 12.8. The molecule has 0 spiro atoms. The van der Waals surface area contributed by atoms with Gasteiger partial charge in [0.05, 0.1) is 0 Å². The smallest absolute Gasteiger partial charge is 0.219 e. The third-order valence-corrected chi connectivity index (χ3v) is 1.85. The number of nitrogens with zero attached hydrogens (tertiary/aromatic N) is 3. The number of nitrogens with one attached hydrogen (secondary N) is 1. The van der Waals surface area contributed by atoms with Gasteiger partial charge < -0.3 is 5.32 Å². The van der Waals surface area contributed by atoms with Gasteiger partial charge in [0.25, 0.3) is 0 Å². The lowest BCUT2D eigenvalue weighted by atomic mass is 10.1. The number of amides is 1. The normalized spacial score (nSPS) is 9.21. The molecule has 0 aliphatic carbocycles. The van der Waals surface area contributed by atoms with Crippen LogP contribution in [0, 0.1) is 0 Å². The molecular formula is C9H18N4O. The molecule has 1 amide bonds. The average molecular weight is 198 g/mol. The summed E-state index contributed by atoms with van der Waals surface area (Å²) in [6.07, 6.45) is 5.00. The second-order valence-electron chi connectivity index (χ2n) is 3.12. The van der Waals surface area contributed by atoms with E-state index in [4.69, 9.17) is 5.53 Å². The molecule has 0 aromatic heterocycles. The monoisotopic (exact) mass is 198 g/mol. The topological polar surface area (TPSA) is 77.9 Å². The quantitative estimate of drug-likeness (QED) is 0.276. The molecule has 80 valence electrons. The van der Waals surface area contributed by atoms with Gasteiger partial charge >= 0.3 is 0 Å². The van der Waals surface area contributed by atoms with Gasteiger partial charge in [-0.15, -0.1) is 0 Å². The first-order valence-corrected chi connectivity index (χ1v) is 5.08. The van der Waals surface area contributed by atoms with Crippen molar-refractivity contribution in [3.63, 3.8) is 0 Å². The fourth-order valence-electron chi connectivity index (χ4n) is 1.09. The van der Waals surface area contributed by atoms with Gasteiger partial charge in [-0.1, -0.05) is 31.3 Å². The Labute approximate surface area is 84.5 Å². The van der Waals surface area contributed by atoms with Gasteiger partial charge in [0.2, 0.25) is 5.91 Å². The number of carbonyl (C=O) groups is 1. The predicted molar refractivity (Wildman–Crippen MR) is 55.8 cm³/mol. The summed E-state index contributed by atoms with van der Waals surface area (Å²) in [7, 11) is 0. The zero-order valence-electron chi connectivity index (χ0n) is 8.70. The summed E-state index contributed by atoms with van der Waals surface area (Å²) in [6, 6.07) is 0. The summed E-state index contributed by atoms with van der Waals surface area (Å²) >= 11 is 0. The van der Waals surface area contributed by atoms with Crippen molar-refractivity contribution in [3.05, 3.63) is 10.4 Å². The Kier molecular flexibility index (Phi) is 9.01. The van der Waals surface area contributed by atoms with E-state index in [1.165, 1.54) is 12.8 Å². The van der Waals surface area contributed by atoms with E-state index >= 15 is 0 Å². The van der Waals surface area contributed by atoms with Crippen molar-refractivity contribution in [2.24, 2.45) is 5.11 Å². The minimum absolute atomic E-state index is 0.0502. The lowest BCUT2D eigenvalue weighted by Gasteiger charge is -2.02. The maximum Gasteiger partial charge on any atom is 0.219 e. The van der Waals surface area contributed by atoms with E-state index in [1.807, 2.05) is 0 Å². The Morgan fingerprint density at radius 2 is 2.21 bits per heavy atom. The van der Waals surface area contributed by atoms with Crippen LogP contribution in [-0.2, 0) is 4.79 Å². The van der Waals surface area contributed by atoms with Crippen LogP contribution in [0.5, 0.6) is 0 Å². The molecular weight excluding hydrogens is 180 g/mol. The summed E-state index contributed by atoms with van der Waals surface area (Å²) in [5, 5.41) is 6.01. The SMILES string of the molecule is CCCCCCC(=O)NCCN=[N+]=[N-]. The van der Waals surface area contributed by atoms with Gasteiger partial charge in [0.1, 0.15) is 0 Å². The molecule has 0 fully saturated rings. The minimum Gasteiger partial charge on any atom is -0.356 e. The molecule has 0 aliphatic heterocycles. The van der Waals surface area contributed by atoms with E-state index in [0.717, 1.165) is 12.8 Å². The van der Waals surface area contributed by atoms with E-state index in [9.17, 15) is 4.79 Å². The van der Waals surface area contributed by atoms with E-state index in [0.29, 0.717) is 19.5 Å². The zero-order valence-corrected chi connectivity index (χ0v) is 8.70. The Balaban J connectivity index is 3.23. The molecule has 0 aromatic rings. The fourth-order valence-corrected chi connectivity index (χ4v) is 1.09. The lowest BCUT2D eigenvalue weighted by molar-refractivity contribution is -0.121. The molecule has 5 nitrogen and oxygen atoms in total. The summed E-state index contributed by atoms with van der Waals surface area (Å²) in [5.74, 6) is 0.0502. The van der Waals surface area contributed by atoms with Crippen LogP contribution in [-0.4, -0.2) is 19.0 Å². The number of rotatable bonds is 8. The average Bonchev–Trinajstić information content (AvgIpc) is 2.19. The van der Waals surface area contributed by atoms with Gasteiger partial charge in [-0.05, 0) is 12.0 Å². The highest BCUT2D eigenvalue weighted by molar-refractivity contribution is 5.75. The summed E-state index contributed by atoms with van der Waals surface area (Å²) in [4.78, 5) is 13.7. The minimum atomic E-state index is 0.0502. The van der Waals surface area contributed by atoms with Crippen LogP contribution >= 0.6 is 0 Å². The van der Waals surface area contributed by atoms with Crippen LogP contribution in [0.3, 0.4) is 0 Å². The summed E-state index contributed by atoms with van der Waals surface area (Å²) in [5.41, 5.74) is 7.98. The predicted octanol–water partition coefficient (Wildman–Crippen LogP) is 2.38. The van der Waals surface area contributed by atoms with Crippen LogP contribution in [0.2, 0.25) is 0 Å². The van der Waals surface area contributed by atoms with Crippen molar-refractivity contribution in [1.29, 1.82) is 0 Å². The Hall–Kier alpha value is -1.22. The van der Waals surface area contributed by atoms with E-state index in [-0.39, 0.29) is 5.91 Å². The standard InChI is InChI=1S/C9H18N4O/c1-2-3-4-5-6-9(14)11-7-8-12-13-10/h2-8H2,1H3,(H,11,14). The molecule has 0 unspecified atom stereocenters. The molecule has 1 N–H and O–H groups in total. The van der Waals surface area contributed by atoms with Crippen LogP contribution < -0.4 is 5.32 Å². The number of azide groups is 1. The molecule has 0 aromatic carbocycles. The van der Waals surface area contributed by atoms with Gasteiger partial charge in [-0.2, -0.15) is 0 Å². The first-order chi connectivity index (χ1) is 6.81. The summed E-state index contributed by atoms with van der Waals surface area (Å²) < 4.78 is 0. The first-order valence-electron chi connectivity index (χ1n) is 5.08. The molecule has 0 aliphatic rings. The highest BCUT2D eigenvalue weighted by Crippen LogP contribution is 2.01. The third-order valence-electron chi connectivity index (χ3n) is 1.85. The van der Waals surface area contributed by atoms with E-state index < -0.39 is 0 Å². The van der Waals surface area contributed by atoms with Crippen molar-refractivity contribution in [3.8, 4) is 0 Å². The lowest BCUT2D eigenvalue weighted by Crippen LogP contribution is -2.25. The third kappa shape index (κ3) is 8.87. The Morgan fingerprint density at radius 3 is 2.86 bits per heavy atom. The molecule has 0 heterocycles. The molecule has 5 heteroatoms. The number of hydrogen-bond acceptors (Lipinski definition) is 2. The highest BCUT2D eigenvalue weighted by Gasteiger charge is 1.98. The molecule has 0 atom stereocenters.